The summed E-state index contributed by atoms with van der Waals surface area (Å²) in [5.41, 5.74) is 3.66. The van der Waals surface area contributed by atoms with E-state index in [0.29, 0.717) is 6.04 Å². The van der Waals surface area contributed by atoms with Gasteiger partial charge in [0, 0.05) is 36.2 Å². The fourth-order valence-corrected chi connectivity index (χ4v) is 2.79. The smallest absolute Gasteiger partial charge is 0.123 e. The van der Waals surface area contributed by atoms with Crippen molar-refractivity contribution in [1.82, 2.24) is 9.88 Å². The highest BCUT2D eigenvalue weighted by atomic mass is 19.1. The molecule has 0 aliphatic rings. The van der Waals surface area contributed by atoms with Gasteiger partial charge in [0.05, 0.1) is 0 Å². The van der Waals surface area contributed by atoms with Crippen molar-refractivity contribution in [3.05, 3.63) is 71.7 Å². The molecule has 0 aliphatic carbocycles. The van der Waals surface area contributed by atoms with Crippen LogP contribution >= 0.6 is 0 Å². The van der Waals surface area contributed by atoms with E-state index in [4.69, 9.17) is 0 Å². The molecule has 2 aromatic carbocycles. The lowest BCUT2D eigenvalue weighted by Crippen LogP contribution is -2.12. The molecule has 1 heterocycles. The Bertz CT molecular complexity index is 757. The third kappa shape index (κ3) is 3.04. The number of hydrogen-bond acceptors (Lipinski definition) is 1. The molecule has 2 nitrogen and oxygen atoms in total. The SMILES string of the molecule is CC(C)n1cc(CNCc2ccc(F)cc2)c2ccccc21. The summed E-state index contributed by atoms with van der Waals surface area (Å²) >= 11 is 0. The second-order valence-electron chi connectivity index (χ2n) is 5.90. The molecule has 114 valence electrons. The zero-order valence-electron chi connectivity index (χ0n) is 13.0. The quantitative estimate of drug-likeness (QED) is 0.725. The van der Waals surface area contributed by atoms with Crippen molar-refractivity contribution in [2.45, 2.75) is 33.0 Å². The minimum absolute atomic E-state index is 0.191. The Morgan fingerprint density at radius 3 is 2.45 bits per heavy atom. The van der Waals surface area contributed by atoms with Gasteiger partial charge in [0.1, 0.15) is 5.82 Å². The van der Waals surface area contributed by atoms with Gasteiger partial charge in [-0.2, -0.15) is 0 Å². The predicted molar refractivity (Wildman–Crippen MR) is 89.3 cm³/mol. The molecule has 0 saturated heterocycles. The molecule has 0 fully saturated rings. The van der Waals surface area contributed by atoms with Gasteiger partial charge in [0.2, 0.25) is 0 Å². The molecule has 3 aromatic rings. The van der Waals surface area contributed by atoms with Gasteiger partial charge >= 0.3 is 0 Å². The number of aromatic nitrogens is 1. The highest BCUT2D eigenvalue weighted by Crippen LogP contribution is 2.24. The molecule has 0 spiro atoms. The van der Waals surface area contributed by atoms with Crippen LogP contribution < -0.4 is 5.32 Å². The number of nitrogens with zero attached hydrogens (tertiary/aromatic N) is 1. The lowest BCUT2D eigenvalue weighted by atomic mass is 10.1. The molecule has 0 bridgehead atoms. The fourth-order valence-electron chi connectivity index (χ4n) is 2.79. The van der Waals surface area contributed by atoms with E-state index in [0.717, 1.165) is 18.7 Å². The van der Waals surface area contributed by atoms with Crippen molar-refractivity contribution in [3.63, 3.8) is 0 Å². The van der Waals surface area contributed by atoms with Crippen LogP contribution in [-0.2, 0) is 13.1 Å². The van der Waals surface area contributed by atoms with E-state index < -0.39 is 0 Å². The Morgan fingerprint density at radius 1 is 1.00 bits per heavy atom. The van der Waals surface area contributed by atoms with E-state index in [1.165, 1.54) is 28.6 Å². The Labute approximate surface area is 130 Å². The van der Waals surface area contributed by atoms with Gasteiger partial charge in [-0.15, -0.1) is 0 Å². The number of nitrogens with one attached hydrogen (secondary N) is 1. The number of para-hydroxylation sites is 1. The molecule has 0 unspecified atom stereocenters. The van der Waals surface area contributed by atoms with Gasteiger partial charge in [-0.1, -0.05) is 30.3 Å². The van der Waals surface area contributed by atoms with E-state index >= 15 is 0 Å². The number of fused-ring (bicyclic) bond motifs is 1. The van der Waals surface area contributed by atoms with E-state index in [9.17, 15) is 4.39 Å². The van der Waals surface area contributed by atoms with Crippen LogP contribution in [0.25, 0.3) is 10.9 Å². The predicted octanol–water partition coefficient (Wildman–Crippen LogP) is 4.65. The van der Waals surface area contributed by atoms with E-state index in [1.807, 2.05) is 12.1 Å². The van der Waals surface area contributed by atoms with Crippen LogP contribution in [0.4, 0.5) is 4.39 Å². The van der Waals surface area contributed by atoms with Crippen LogP contribution in [0.15, 0.2) is 54.7 Å². The number of hydrogen-bond donors (Lipinski definition) is 1. The van der Waals surface area contributed by atoms with Crippen LogP contribution in [-0.4, -0.2) is 4.57 Å². The summed E-state index contributed by atoms with van der Waals surface area (Å²) in [4.78, 5) is 0. The molecular formula is C19H21FN2. The summed E-state index contributed by atoms with van der Waals surface area (Å²) < 4.78 is 15.2. The largest absolute Gasteiger partial charge is 0.345 e. The minimum Gasteiger partial charge on any atom is -0.345 e. The third-order valence-electron chi connectivity index (χ3n) is 3.94. The van der Waals surface area contributed by atoms with Crippen molar-refractivity contribution in [2.75, 3.05) is 0 Å². The molecule has 0 radical (unpaired) electrons. The van der Waals surface area contributed by atoms with Gasteiger partial charge in [0.25, 0.3) is 0 Å². The van der Waals surface area contributed by atoms with Crippen molar-refractivity contribution in [1.29, 1.82) is 0 Å². The van der Waals surface area contributed by atoms with Crippen molar-refractivity contribution in [3.8, 4) is 0 Å². The van der Waals surface area contributed by atoms with Crippen molar-refractivity contribution < 1.29 is 4.39 Å². The highest BCUT2D eigenvalue weighted by Gasteiger charge is 2.09. The standard InChI is InChI=1S/C19H21FN2/c1-14(2)22-13-16(18-5-3-4-6-19(18)22)12-21-11-15-7-9-17(20)10-8-15/h3-10,13-14,21H,11-12H2,1-2H3. The van der Waals surface area contributed by atoms with E-state index in [2.05, 4.69) is 54.2 Å². The molecule has 3 heteroatoms. The number of rotatable bonds is 5. The van der Waals surface area contributed by atoms with Crippen LogP contribution in [0, 0.1) is 5.82 Å². The Morgan fingerprint density at radius 2 is 1.73 bits per heavy atom. The fraction of sp³-hybridized carbons (Fsp3) is 0.263. The van der Waals surface area contributed by atoms with Crippen LogP contribution in [0.2, 0.25) is 0 Å². The molecule has 3 rings (SSSR count). The molecular weight excluding hydrogens is 275 g/mol. The first-order chi connectivity index (χ1) is 10.6. The van der Waals surface area contributed by atoms with E-state index in [1.54, 1.807) is 0 Å². The zero-order chi connectivity index (χ0) is 15.5. The third-order valence-corrected chi connectivity index (χ3v) is 3.94. The second kappa shape index (κ2) is 6.32. The Kier molecular flexibility index (Phi) is 4.25. The average molecular weight is 296 g/mol. The lowest BCUT2D eigenvalue weighted by Gasteiger charge is -2.08. The zero-order valence-corrected chi connectivity index (χ0v) is 13.0. The number of benzene rings is 2. The monoisotopic (exact) mass is 296 g/mol. The van der Waals surface area contributed by atoms with Crippen LogP contribution in [0.3, 0.4) is 0 Å². The number of halogens is 1. The van der Waals surface area contributed by atoms with Gasteiger partial charge < -0.3 is 9.88 Å². The highest BCUT2D eigenvalue weighted by molar-refractivity contribution is 5.84. The van der Waals surface area contributed by atoms with Crippen molar-refractivity contribution in [2.24, 2.45) is 0 Å². The van der Waals surface area contributed by atoms with Crippen molar-refractivity contribution >= 4 is 10.9 Å². The molecule has 0 atom stereocenters. The first-order valence-electron chi connectivity index (χ1n) is 7.69. The Hall–Kier alpha value is -2.13. The average Bonchev–Trinajstić information content (AvgIpc) is 2.89. The lowest BCUT2D eigenvalue weighted by molar-refractivity contribution is 0.616. The summed E-state index contributed by atoms with van der Waals surface area (Å²) in [6, 6.07) is 15.6. The van der Waals surface area contributed by atoms with E-state index in [-0.39, 0.29) is 5.82 Å². The maximum absolute atomic E-state index is 12.9. The molecule has 0 amide bonds. The molecule has 0 saturated carbocycles. The summed E-state index contributed by atoms with van der Waals surface area (Å²) in [7, 11) is 0. The van der Waals surface area contributed by atoms with Crippen LogP contribution in [0.5, 0.6) is 0 Å². The Balaban J connectivity index is 1.75. The second-order valence-corrected chi connectivity index (χ2v) is 5.90. The first kappa shape index (κ1) is 14.8. The first-order valence-corrected chi connectivity index (χ1v) is 7.69. The normalized spacial score (nSPS) is 11.5. The summed E-state index contributed by atoms with van der Waals surface area (Å²) in [6.07, 6.45) is 2.23. The molecule has 22 heavy (non-hydrogen) atoms. The summed E-state index contributed by atoms with van der Waals surface area (Å²) in [5.74, 6) is -0.191. The minimum atomic E-state index is -0.191. The van der Waals surface area contributed by atoms with Gasteiger partial charge in [-0.3, -0.25) is 0 Å². The van der Waals surface area contributed by atoms with Crippen LogP contribution in [0.1, 0.15) is 31.0 Å². The topological polar surface area (TPSA) is 17.0 Å². The molecule has 1 aromatic heterocycles. The maximum Gasteiger partial charge on any atom is 0.123 e. The van der Waals surface area contributed by atoms with Gasteiger partial charge in [0.15, 0.2) is 0 Å². The summed E-state index contributed by atoms with van der Waals surface area (Å²) in [6.45, 7) is 5.93. The molecule has 0 aliphatic heterocycles. The molecule has 1 N–H and O–H groups in total. The van der Waals surface area contributed by atoms with Gasteiger partial charge in [-0.25, -0.2) is 4.39 Å². The summed E-state index contributed by atoms with van der Waals surface area (Å²) in [5, 5.41) is 4.74. The van der Waals surface area contributed by atoms with Gasteiger partial charge in [-0.05, 0) is 43.2 Å². The maximum atomic E-state index is 12.9.